The Hall–Kier alpha value is -3.33. The van der Waals surface area contributed by atoms with Gasteiger partial charge in [0.25, 0.3) is 5.91 Å². The molecular weight excluding hydrogens is 623 g/mol. The van der Waals surface area contributed by atoms with E-state index in [4.69, 9.17) is 9.47 Å². The number of amides is 2. The maximum atomic E-state index is 13.4. The number of hydrogen-bond acceptors (Lipinski definition) is 7. The van der Waals surface area contributed by atoms with Gasteiger partial charge in [-0.2, -0.15) is 13.2 Å². The number of halogens is 3. The van der Waals surface area contributed by atoms with Crippen molar-refractivity contribution < 1.29 is 42.1 Å². The van der Waals surface area contributed by atoms with Crippen LogP contribution in [0.5, 0.6) is 0 Å². The molecule has 256 valence electrons. The fourth-order valence-corrected chi connectivity index (χ4v) is 6.76. The van der Waals surface area contributed by atoms with Gasteiger partial charge in [-0.05, 0) is 64.5 Å². The van der Waals surface area contributed by atoms with Crippen LogP contribution in [0.25, 0.3) is 11.0 Å². The van der Waals surface area contributed by atoms with Gasteiger partial charge in [-0.3, -0.25) is 14.5 Å². The summed E-state index contributed by atoms with van der Waals surface area (Å²) in [5.74, 6) is -1.74. The molecule has 46 heavy (non-hydrogen) atoms. The summed E-state index contributed by atoms with van der Waals surface area (Å²) < 4.78 is 53.2. The second-order valence-corrected chi connectivity index (χ2v) is 20.2. The quantitative estimate of drug-likeness (QED) is 0.228. The van der Waals surface area contributed by atoms with Gasteiger partial charge < -0.3 is 28.9 Å². The van der Waals surface area contributed by atoms with Gasteiger partial charge in [0.2, 0.25) is 0 Å². The van der Waals surface area contributed by atoms with Gasteiger partial charge in [0.05, 0.1) is 17.9 Å². The molecule has 11 nitrogen and oxygen atoms in total. The third-order valence-corrected chi connectivity index (χ3v) is 9.90. The standard InChI is InChI=1S/C31H46F3N5O6Si/c1-30(2,3)45-29(43)37(18-31(32,33)34)16-21-7-9-22(10-8-21)39-19-38(17-25(40)41)28(42)24-15-35-27-23(26(24)39)11-12-36(27)20-44-13-14-46(4,5)6/h11-12,15,21-22H,7-10,13-14,16-20H2,1-6H3,(H,40,41)/t21-,22-. The first-order valence-corrected chi connectivity index (χ1v) is 19.4. The smallest absolute Gasteiger partial charge is 0.410 e. The number of rotatable bonds is 11. The van der Waals surface area contributed by atoms with E-state index >= 15 is 0 Å². The molecule has 2 aliphatic rings. The van der Waals surface area contributed by atoms with Crippen LogP contribution >= 0.6 is 0 Å². The summed E-state index contributed by atoms with van der Waals surface area (Å²) in [6.07, 6.45) is 0.0315. The van der Waals surface area contributed by atoms with Crippen molar-refractivity contribution in [2.75, 3.05) is 37.8 Å². The topological polar surface area (TPSA) is 117 Å². The molecule has 0 bridgehead atoms. The summed E-state index contributed by atoms with van der Waals surface area (Å²) in [5.41, 5.74) is 0.693. The minimum atomic E-state index is -4.57. The Kier molecular flexibility index (Phi) is 10.7. The summed E-state index contributed by atoms with van der Waals surface area (Å²) in [5, 5.41) is 10.3. The molecule has 0 spiro atoms. The predicted molar refractivity (Wildman–Crippen MR) is 169 cm³/mol. The van der Waals surface area contributed by atoms with Gasteiger partial charge in [-0.25, -0.2) is 9.78 Å². The summed E-state index contributed by atoms with van der Waals surface area (Å²) in [6.45, 7) is 10.7. The second-order valence-electron chi connectivity index (χ2n) is 14.5. The van der Waals surface area contributed by atoms with Crippen molar-refractivity contribution in [2.24, 2.45) is 5.92 Å². The highest BCUT2D eigenvalue weighted by Gasteiger charge is 2.40. The monoisotopic (exact) mass is 669 g/mol. The Bertz CT molecular complexity index is 1410. The average Bonchev–Trinajstić information content (AvgIpc) is 3.33. The molecule has 0 radical (unpaired) electrons. The summed E-state index contributed by atoms with van der Waals surface area (Å²) >= 11 is 0. The molecule has 1 fully saturated rings. The van der Waals surface area contributed by atoms with E-state index in [1.54, 1.807) is 20.8 Å². The molecule has 1 aliphatic carbocycles. The molecule has 2 aromatic rings. The van der Waals surface area contributed by atoms with E-state index < -0.39 is 50.9 Å². The highest BCUT2D eigenvalue weighted by atomic mass is 28.3. The number of aliphatic carboxylic acids is 1. The third kappa shape index (κ3) is 9.36. The third-order valence-electron chi connectivity index (χ3n) is 8.20. The van der Waals surface area contributed by atoms with Gasteiger partial charge >= 0.3 is 18.2 Å². The Morgan fingerprint density at radius 2 is 1.80 bits per heavy atom. The fraction of sp³-hybridized carbons (Fsp3) is 0.677. The van der Waals surface area contributed by atoms with Crippen LogP contribution in [0, 0.1) is 5.92 Å². The van der Waals surface area contributed by atoms with Crippen LogP contribution < -0.4 is 4.90 Å². The lowest BCUT2D eigenvalue weighted by molar-refractivity contribution is -0.146. The van der Waals surface area contributed by atoms with Crippen molar-refractivity contribution in [3.8, 4) is 0 Å². The van der Waals surface area contributed by atoms with Crippen molar-refractivity contribution in [1.29, 1.82) is 0 Å². The summed E-state index contributed by atoms with van der Waals surface area (Å²) in [6, 6.07) is 2.79. The molecule has 1 N–H and O–H groups in total. The Labute approximate surface area is 268 Å². The zero-order valence-electron chi connectivity index (χ0n) is 27.5. The minimum Gasteiger partial charge on any atom is -0.480 e. The highest BCUT2D eigenvalue weighted by molar-refractivity contribution is 6.76. The van der Waals surface area contributed by atoms with Crippen molar-refractivity contribution in [3.63, 3.8) is 0 Å². The van der Waals surface area contributed by atoms with Crippen LogP contribution in [0.1, 0.15) is 56.8 Å². The lowest BCUT2D eigenvalue weighted by Gasteiger charge is -2.44. The predicted octanol–water partition coefficient (Wildman–Crippen LogP) is 6.01. The number of carbonyl (C=O) groups excluding carboxylic acids is 2. The molecule has 0 atom stereocenters. The van der Waals surface area contributed by atoms with E-state index in [1.165, 1.54) is 11.1 Å². The first-order valence-electron chi connectivity index (χ1n) is 15.7. The van der Waals surface area contributed by atoms with Crippen LogP contribution in [0.2, 0.25) is 25.7 Å². The van der Waals surface area contributed by atoms with Crippen LogP contribution in [0.4, 0.5) is 23.7 Å². The first-order chi connectivity index (χ1) is 21.3. The molecule has 2 amide bonds. The Morgan fingerprint density at radius 3 is 2.39 bits per heavy atom. The Balaban J connectivity index is 1.55. The number of carboxylic acid groups (broad SMARTS) is 1. The molecule has 15 heteroatoms. The summed E-state index contributed by atoms with van der Waals surface area (Å²) in [7, 11) is -1.26. The molecule has 0 saturated heterocycles. The van der Waals surface area contributed by atoms with E-state index in [-0.39, 0.29) is 25.2 Å². The van der Waals surface area contributed by atoms with Gasteiger partial charge in [-0.15, -0.1) is 0 Å². The van der Waals surface area contributed by atoms with E-state index in [9.17, 15) is 32.7 Å². The number of fused-ring (bicyclic) bond motifs is 3. The van der Waals surface area contributed by atoms with Crippen LogP contribution in [0.3, 0.4) is 0 Å². The number of hydrogen-bond donors (Lipinski definition) is 1. The van der Waals surface area contributed by atoms with Gasteiger partial charge in [0.15, 0.2) is 0 Å². The van der Waals surface area contributed by atoms with Gasteiger partial charge in [0.1, 0.15) is 31.1 Å². The molecule has 1 saturated carbocycles. The van der Waals surface area contributed by atoms with E-state index in [1.807, 2.05) is 21.7 Å². The van der Waals surface area contributed by atoms with Crippen LogP contribution in [-0.4, -0.2) is 101 Å². The van der Waals surface area contributed by atoms with Crippen LogP contribution in [-0.2, 0) is 21.0 Å². The van der Waals surface area contributed by atoms with Crippen molar-refractivity contribution in [2.45, 2.75) is 96.7 Å². The lowest BCUT2D eigenvalue weighted by Crippen LogP contribution is -2.53. The summed E-state index contributed by atoms with van der Waals surface area (Å²) in [4.78, 5) is 46.3. The molecule has 4 rings (SSSR count). The number of pyridine rings is 1. The maximum Gasteiger partial charge on any atom is 0.410 e. The van der Waals surface area contributed by atoms with Crippen molar-refractivity contribution in [1.82, 2.24) is 19.4 Å². The lowest BCUT2D eigenvalue weighted by atomic mass is 9.84. The van der Waals surface area contributed by atoms with Gasteiger partial charge in [-0.1, -0.05) is 19.6 Å². The van der Waals surface area contributed by atoms with Crippen molar-refractivity contribution in [3.05, 3.63) is 24.0 Å². The molecular formula is C31H46F3N5O6Si. The SMILES string of the molecule is CC(C)(C)OC(=O)N(CC(F)(F)F)C[C@H]1CC[C@H](N2CN(CC(=O)O)C(=O)c3cnc4c(ccn4COCC[Si](C)(C)C)c32)CC1. The Morgan fingerprint density at radius 1 is 1.13 bits per heavy atom. The fourth-order valence-electron chi connectivity index (χ4n) is 6.01. The van der Waals surface area contributed by atoms with Gasteiger partial charge in [0, 0.05) is 45.0 Å². The number of nitrogens with zero attached hydrogens (tertiary/aromatic N) is 5. The second kappa shape index (κ2) is 13.8. The molecule has 0 unspecified atom stereocenters. The molecule has 1 aliphatic heterocycles. The number of carbonyl (C=O) groups is 3. The zero-order chi connectivity index (χ0) is 34.0. The van der Waals surface area contributed by atoms with E-state index in [2.05, 4.69) is 24.6 Å². The van der Waals surface area contributed by atoms with Crippen LogP contribution in [0.15, 0.2) is 18.5 Å². The minimum absolute atomic E-state index is 0.0581. The number of carboxylic acids is 1. The first kappa shape index (κ1) is 35.5. The number of aromatic nitrogens is 2. The maximum absolute atomic E-state index is 13.4. The average molecular weight is 670 g/mol. The highest BCUT2D eigenvalue weighted by Crippen LogP contribution is 2.40. The van der Waals surface area contributed by atoms with E-state index in [0.717, 1.165) is 16.3 Å². The molecule has 2 aromatic heterocycles. The largest absolute Gasteiger partial charge is 0.480 e. The zero-order valence-corrected chi connectivity index (χ0v) is 28.5. The van der Waals surface area contributed by atoms with Crippen molar-refractivity contribution >= 4 is 42.8 Å². The molecule has 0 aromatic carbocycles. The van der Waals surface area contributed by atoms with E-state index in [0.29, 0.717) is 55.9 Å². The number of ether oxygens (including phenoxy) is 2. The molecule has 3 heterocycles. The normalized spacial score (nSPS) is 19.4. The number of alkyl halides is 3. The number of anilines is 1.